The number of nitrogens with zero attached hydrogens (tertiary/aromatic N) is 1. The lowest BCUT2D eigenvalue weighted by molar-refractivity contribution is -0.141. The molecule has 4 N–H and O–H groups in total. The molecule has 1 aromatic carbocycles. The van der Waals surface area contributed by atoms with Gasteiger partial charge in [-0.15, -0.1) is 0 Å². The average Bonchev–Trinajstić information content (AvgIpc) is 3.06. The Bertz CT molecular complexity index is 1120. The van der Waals surface area contributed by atoms with Crippen LogP contribution in [-0.4, -0.2) is 44.9 Å². The van der Waals surface area contributed by atoms with E-state index in [0.717, 1.165) is 21.8 Å². The van der Waals surface area contributed by atoms with Gasteiger partial charge in [-0.05, 0) is 38.3 Å². The van der Waals surface area contributed by atoms with Crippen molar-refractivity contribution in [2.24, 2.45) is 5.92 Å². The topological polar surface area (TPSA) is 124 Å². The van der Waals surface area contributed by atoms with Crippen molar-refractivity contribution in [2.45, 2.75) is 46.2 Å². The number of benzene rings is 1. The minimum absolute atomic E-state index is 0.118. The van der Waals surface area contributed by atoms with Gasteiger partial charge in [0.15, 0.2) is 0 Å². The van der Waals surface area contributed by atoms with Gasteiger partial charge in [0.25, 0.3) is 5.91 Å². The largest absolute Gasteiger partial charge is 0.480 e. The van der Waals surface area contributed by atoms with Crippen molar-refractivity contribution >= 4 is 39.6 Å². The summed E-state index contributed by atoms with van der Waals surface area (Å²) in [5.41, 5.74) is 2.70. The highest BCUT2D eigenvalue weighted by Gasteiger charge is 2.26. The molecule has 8 nitrogen and oxygen atoms in total. The van der Waals surface area contributed by atoms with Crippen LogP contribution in [-0.2, 0) is 9.59 Å². The van der Waals surface area contributed by atoms with Crippen molar-refractivity contribution in [3.8, 4) is 0 Å². The van der Waals surface area contributed by atoms with Gasteiger partial charge < -0.3 is 20.7 Å². The van der Waals surface area contributed by atoms with Crippen molar-refractivity contribution in [3.05, 3.63) is 41.7 Å². The van der Waals surface area contributed by atoms with Gasteiger partial charge in [-0.2, -0.15) is 0 Å². The summed E-state index contributed by atoms with van der Waals surface area (Å²) in [6.07, 6.45) is 0.373. The Morgan fingerprint density at radius 1 is 1.10 bits per heavy atom. The highest BCUT2D eigenvalue weighted by molar-refractivity contribution is 6.10. The molecule has 0 saturated heterocycles. The van der Waals surface area contributed by atoms with E-state index in [1.165, 1.54) is 6.92 Å². The Balaban J connectivity index is 1.89. The number of hydrogen-bond acceptors (Lipinski definition) is 4. The Labute approximate surface area is 174 Å². The van der Waals surface area contributed by atoms with E-state index in [9.17, 15) is 14.4 Å². The second-order valence-corrected chi connectivity index (χ2v) is 7.91. The predicted molar refractivity (Wildman–Crippen MR) is 114 cm³/mol. The fourth-order valence-electron chi connectivity index (χ4n) is 3.43. The number of carboxylic acids is 1. The average molecular weight is 410 g/mol. The molecule has 0 saturated carbocycles. The van der Waals surface area contributed by atoms with Crippen molar-refractivity contribution in [2.75, 3.05) is 0 Å². The summed E-state index contributed by atoms with van der Waals surface area (Å²) in [5, 5.41) is 16.1. The first-order valence-corrected chi connectivity index (χ1v) is 9.89. The monoisotopic (exact) mass is 410 g/mol. The number of para-hydroxylation sites is 1. The van der Waals surface area contributed by atoms with E-state index in [2.05, 4.69) is 20.6 Å². The molecule has 0 aliphatic carbocycles. The summed E-state index contributed by atoms with van der Waals surface area (Å²) in [6.45, 7) is 7.05. The molecule has 0 fully saturated rings. The van der Waals surface area contributed by atoms with E-state index in [4.69, 9.17) is 5.11 Å². The van der Waals surface area contributed by atoms with Crippen molar-refractivity contribution in [1.29, 1.82) is 0 Å². The van der Waals surface area contributed by atoms with Crippen LogP contribution in [0.4, 0.5) is 0 Å². The zero-order valence-corrected chi connectivity index (χ0v) is 17.4. The standard InChI is InChI=1S/C22H26N4O4/c1-11(2)9-17(20(27)24-13(4)22(29)30)26-21(28)18-10-15-14-7-5-6-8-16(14)25-19(15)12(3)23-18/h5-8,10-11,13,17,25H,9H2,1-4H3,(H,24,27)(H,26,28)(H,29,30). The predicted octanol–water partition coefficient (Wildman–Crippen LogP) is 2.76. The minimum atomic E-state index is -1.14. The van der Waals surface area contributed by atoms with Gasteiger partial charge in [0.1, 0.15) is 17.8 Å². The normalized spacial score (nSPS) is 13.4. The van der Waals surface area contributed by atoms with E-state index in [-0.39, 0.29) is 11.6 Å². The summed E-state index contributed by atoms with van der Waals surface area (Å²) in [7, 11) is 0. The summed E-state index contributed by atoms with van der Waals surface area (Å²) < 4.78 is 0. The first-order chi connectivity index (χ1) is 14.2. The number of aryl methyl sites for hydroxylation is 1. The van der Waals surface area contributed by atoms with Crippen LogP contribution in [0.5, 0.6) is 0 Å². The molecule has 2 amide bonds. The number of carbonyl (C=O) groups is 3. The molecule has 2 heterocycles. The zero-order valence-electron chi connectivity index (χ0n) is 17.4. The SMILES string of the molecule is Cc1nc(C(=O)NC(CC(C)C)C(=O)NC(C)C(=O)O)cc2c1[nH]c1ccccc12. The van der Waals surface area contributed by atoms with Crippen LogP contribution in [0.15, 0.2) is 30.3 Å². The smallest absolute Gasteiger partial charge is 0.325 e. The number of aromatic amines is 1. The van der Waals surface area contributed by atoms with Crippen molar-refractivity contribution in [1.82, 2.24) is 20.6 Å². The maximum Gasteiger partial charge on any atom is 0.325 e. The van der Waals surface area contributed by atoms with Gasteiger partial charge >= 0.3 is 5.97 Å². The number of aliphatic carboxylic acids is 1. The third-order valence-corrected chi connectivity index (χ3v) is 4.97. The number of carbonyl (C=O) groups excluding carboxylic acids is 2. The van der Waals surface area contributed by atoms with Gasteiger partial charge in [0, 0.05) is 16.3 Å². The highest BCUT2D eigenvalue weighted by atomic mass is 16.4. The summed E-state index contributed by atoms with van der Waals surface area (Å²) in [4.78, 5) is 44.3. The fourth-order valence-corrected chi connectivity index (χ4v) is 3.43. The Morgan fingerprint density at radius 3 is 2.47 bits per heavy atom. The van der Waals surface area contributed by atoms with Gasteiger partial charge in [-0.25, -0.2) is 4.98 Å². The van der Waals surface area contributed by atoms with Crippen LogP contribution in [0.25, 0.3) is 21.8 Å². The van der Waals surface area contributed by atoms with Crippen molar-refractivity contribution < 1.29 is 19.5 Å². The molecule has 2 atom stereocenters. The van der Waals surface area contributed by atoms with Crippen LogP contribution in [0, 0.1) is 12.8 Å². The number of H-pyrrole nitrogens is 1. The second kappa shape index (κ2) is 8.52. The number of rotatable bonds is 7. The summed E-state index contributed by atoms with van der Waals surface area (Å²) in [6, 6.07) is 7.59. The van der Waals surface area contributed by atoms with E-state index in [0.29, 0.717) is 12.1 Å². The third kappa shape index (κ3) is 4.42. The second-order valence-electron chi connectivity index (χ2n) is 7.91. The quantitative estimate of drug-likeness (QED) is 0.477. The highest BCUT2D eigenvalue weighted by Crippen LogP contribution is 2.27. The van der Waals surface area contributed by atoms with Gasteiger partial charge in [-0.3, -0.25) is 14.4 Å². The molecule has 30 heavy (non-hydrogen) atoms. The van der Waals surface area contributed by atoms with Crippen LogP contribution in [0.2, 0.25) is 0 Å². The van der Waals surface area contributed by atoms with Gasteiger partial charge in [0.05, 0.1) is 11.2 Å². The van der Waals surface area contributed by atoms with Crippen LogP contribution in [0.3, 0.4) is 0 Å². The number of aromatic nitrogens is 2. The summed E-state index contributed by atoms with van der Waals surface area (Å²) in [5.74, 6) is -2.03. The van der Waals surface area contributed by atoms with Gasteiger partial charge in [-0.1, -0.05) is 32.0 Å². The Kier molecular flexibility index (Phi) is 6.05. The molecule has 2 unspecified atom stereocenters. The number of amides is 2. The third-order valence-electron chi connectivity index (χ3n) is 4.97. The van der Waals surface area contributed by atoms with E-state index in [1.54, 1.807) is 6.07 Å². The molecule has 0 aliphatic heterocycles. The molecule has 0 radical (unpaired) electrons. The molecular formula is C22H26N4O4. The molecular weight excluding hydrogens is 384 g/mol. The Hall–Kier alpha value is -3.42. The van der Waals surface area contributed by atoms with Gasteiger partial charge in [0.2, 0.25) is 5.91 Å². The minimum Gasteiger partial charge on any atom is -0.480 e. The number of fused-ring (bicyclic) bond motifs is 3. The molecule has 0 spiro atoms. The fraction of sp³-hybridized carbons (Fsp3) is 0.364. The lowest BCUT2D eigenvalue weighted by atomic mass is 10.0. The molecule has 0 bridgehead atoms. The molecule has 2 aromatic heterocycles. The molecule has 0 aliphatic rings. The Morgan fingerprint density at radius 2 is 1.80 bits per heavy atom. The number of pyridine rings is 1. The molecule has 158 valence electrons. The summed E-state index contributed by atoms with van der Waals surface area (Å²) >= 11 is 0. The van der Waals surface area contributed by atoms with Crippen molar-refractivity contribution in [3.63, 3.8) is 0 Å². The number of nitrogens with one attached hydrogen (secondary N) is 3. The van der Waals surface area contributed by atoms with E-state index in [1.807, 2.05) is 45.0 Å². The number of hydrogen-bond donors (Lipinski definition) is 4. The molecule has 3 rings (SSSR count). The lowest BCUT2D eigenvalue weighted by Gasteiger charge is -2.21. The number of carboxylic acid groups (broad SMARTS) is 1. The first kappa shape index (κ1) is 21.3. The maximum atomic E-state index is 12.9. The van der Waals surface area contributed by atoms with Crippen LogP contribution in [0.1, 0.15) is 43.4 Å². The van der Waals surface area contributed by atoms with Crippen LogP contribution >= 0.6 is 0 Å². The van der Waals surface area contributed by atoms with E-state index < -0.39 is 29.9 Å². The van der Waals surface area contributed by atoms with E-state index >= 15 is 0 Å². The van der Waals surface area contributed by atoms with Crippen LogP contribution < -0.4 is 10.6 Å². The zero-order chi connectivity index (χ0) is 22.0. The molecule has 3 aromatic rings. The molecule has 8 heteroatoms. The first-order valence-electron chi connectivity index (χ1n) is 9.89. The maximum absolute atomic E-state index is 12.9. The lowest BCUT2D eigenvalue weighted by Crippen LogP contribution is -2.51.